The highest BCUT2D eigenvalue weighted by Gasteiger charge is 2.53. The molecule has 1 aliphatic carbocycles. The third-order valence-electron chi connectivity index (χ3n) is 7.02. The zero-order valence-electron chi connectivity index (χ0n) is 18.5. The number of hydrogen-bond donors (Lipinski definition) is 1. The Bertz CT molecular complexity index is 1170. The monoisotopic (exact) mass is 457 g/mol. The lowest BCUT2D eigenvalue weighted by Gasteiger charge is -2.48. The molecule has 0 amide bonds. The maximum absolute atomic E-state index is 13.3. The second-order valence-corrected chi connectivity index (χ2v) is 11.6. The molecule has 0 aromatic carbocycles. The van der Waals surface area contributed by atoms with Gasteiger partial charge in [0.05, 0.1) is 19.9 Å². The minimum atomic E-state index is -3.69. The van der Waals surface area contributed by atoms with Gasteiger partial charge in [-0.05, 0) is 30.7 Å². The number of sulfonamides is 1. The number of nitrogens with one attached hydrogen (secondary N) is 1. The van der Waals surface area contributed by atoms with Crippen LogP contribution >= 0.6 is 0 Å². The molecule has 1 N–H and O–H groups in total. The van der Waals surface area contributed by atoms with Gasteiger partial charge < -0.3 is 10.1 Å². The van der Waals surface area contributed by atoms with E-state index in [4.69, 9.17) is 4.74 Å². The largest absolute Gasteiger partial charge is 0.481 e. The highest BCUT2D eigenvalue weighted by molar-refractivity contribution is 7.89. The predicted molar refractivity (Wildman–Crippen MR) is 116 cm³/mol. The van der Waals surface area contributed by atoms with E-state index in [0.717, 1.165) is 29.1 Å². The number of rotatable bonds is 3. The molecule has 1 spiro atoms. The van der Waals surface area contributed by atoms with E-state index in [1.807, 2.05) is 0 Å². The van der Waals surface area contributed by atoms with Crippen molar-refractivity contribution in [2.24, 2.45) is 21.1 Å². The Labute approximate surface area is 187 Å². The van der Waals surface area contributed by atoms with Gasteiger partial charge in [0, 0.05) is 47.8 Å². The lowest BCUT2D eigenvalue weighted by atomic mass is 9.60. The van der Waals surface area contributed by atoms with E-state index in [0.29, 0.717) is 44.8 Å². The van der Waals surface area contributed by atoms with Gasteiger partial charge in [0.15, 0.2) is 11.6 Å². The lowest BCUT2D eigenvalue weighted by Crippen LogP contribution is -2.50. The number of hydrogen-bond acceptors (Lipinski definition) is 8. The number of ketones is 1. The molecule has 1 aromatic heterocycles. The summed E-state index contributed by atoms with van der Waals surface area (Å²) in [6.07, 6.45) is 3.65. The van der Waals surface area contributed by atoms with Gasteiger partial charge in [-0.3, -0.25) is 4.79 Å². The topological polar surface area (TPSA) is 113 Å². The average Bonchev–Trinajstić information content (AvgIpc) is 3.22. The summed E-state index contributed by atoms with van der Waals surface area (Å²) >= 11 is 0. The van der Waals surface area contributed by atoms with Crippen LogP contribution < -0.4 is 10.1 Å². The number of dihydropyridines is 1. The summed E-state index contributed by atoms with van der Waals surface area (Å²) in [5.74, 6) is 1.26. The van der Waals surface area contributed by atoms with Crippen LogP contribution in [0.1, 0.15) is 39.5 Å². The summed E-state index contributed by atoms with van der Waals surface area (Å²) < 4.78 is 33.0. The Kier molecular flexibility index (Phi) is 4.79. The highest BCUT2D eigenvalue weighted by atomic mass is 32.2. The van der Waals surface area contributed by atoms with Gasteiger partial charge in [-0.2, -0.15) is 9.42 Å². The Morgan fingerprint density at radius 2 is 1.91 bits per heavy atom. The maximum Gasteiger partial charge on any atom is 0.244 e. The number of Topliss-reactive ketones (excluding diaryl/α,β-unsaturated/α-hetero) is 1. The maximum atomic E-state index is 13.3. The van der Waals surface area contributed by atoms with Crippen molar-refractivity contribution < 1.29 is 17.9 Å². The first-order valence-corrected chi connectivity index (χ1v) is 12.3. The number of allylic oxidation sites excluding steroid dienone is 2. The summed E-state index contributed by atoms with van der Waals surface area (Å²) in [7, 11) is -2.20. The van der Waals surface area contributed by atoms with E-state index in [2.05, 4.69) is 34.4 Å². The van der Waals surface area contributed by atoms with Crippen LogP contribution in [-0.4, -0.2) is 50.2 Å². The smallest absolute Gasteiger partial charge is 0.244 e. The van der Waals surface area contributed by atoms with Gasteiger partial charge in [0.25, 0.3) is 0 Å². The fraction of sp³-hybridized carbons (Fsp3) is 0.545. The summed E-state index contributed by atoms with van der Waals surface area (Å²) in [5.41, 5.74) is 2.15. The molecule has 0 unspecified atom stereocenters. The third kappa shape index (κ3) is 3.19. The van der Waals surface area contributed by atoms with Crippen LogP contribution in [0.25, 0.3) is 0 Å². The lowest BCUT2D eigenvalue weighted by molar-refractivity contribution is -0.119. The molecule has 1 fully saturated rings. The number of fused-ring (bicyclic) bond motifs is 2. The SMILES string of the molecule is COc1ccc(S(=O)(=O)N2CCC3(CC2)C2=C(N=NC2)NC2=C3C(=O)CC(C)(C)C2)cn1. The molecule has 0 saturated carbocycles. The fourth-order valence-electron chi connectivity index (χ4n) is 5.52. The van der Waals surface area contributed by atoms with Crippen molar-refractivity contribution in [2.45, 2.75) is 44.4 Å². The van der Waals surface area contributed by atoms with Crippen molar-refractivity contribution >= 4 is 15.8 Å². The highest BCUT2D eigenvalue weighted by Crippen LogP contribution is 2.55. The van der Waals surface area contributed by atoms with Crippen LogP contribution in [0.5, 0.6) is 5.88 Å². The van der Waals surface area contributed by atoms with E-state index in [-0.39, 0.29) is 16.1 Å². The number of carbonyl (C=O) groups is 1. The molecule has 0 radical (unpaired) electrons. The molecule has 0 bridgehead atoms. The second kappa shape index (κ2) is 7.21. The summed E-state index contributed by atoms with van der Waals surface area (Å²) in [6.45, 7) is 5.28. The summed E-state index contributed by atoms with van der Waals surface area (Å²) in [6, 6.07) is 3.06. The number of nitrogens with zero attached hydrogens (tertiary/aromatic N) is 4. The van der Waals surface area contributed by atoms with Crippen LogP contribution in [0.15, 0.2) is 56.1 Å². The Morgan fingerprint density at radius 1 is 1.16 bits per heavy atom. The molecule has 4 aliphatic rings. The van der Waals surface area contributed by atoms with Gasteiger partial charge in [-0.1, -0.05) is 13.8 Å². The zero-order valence-corrected chi connectivity index (χ0v) is 19.3. The van der Waals surface area contributed by atoms with E-state index in [1.165, 1.54) is 23.7 Å². The Morgan fingerprint density at radius 3 is 2.56 bits per heavy atom. The van der Waals surface area contributed by atoms with Gasteiger partial charge in [-0.15, -0.1) is 5.11 Å². The number of pyridine rings is 1. The minimum Gasteiger partial charge on any atom is -0.481 e. The Hall–Kier alpha value is -2.59. The van der Waals surface area contributed by atoms with Gasteiger partial charge in [0.2, 0.25) is 15.9 Å². The number of piperidine rings is 1. The molecule has 0 atom stereocenters. The predicted octanol–water partition coefficient (Wildman–Crippen LogP) is 2.78. The van der Waals surface area contributed by atoms with E-state index < -0.39 is 15.4 Å². The second-order valence-electron chi connectivity index (χ2n) is 9.67. The normalized spacial score (nSPS) is 24.4. The number of ether oxygens (including phenoxy) is 1. The van der Waals surface area contributed by atoms with Crippen LogP contribution in [0.3, 0.4) is 0 Å². The van der Waals surface area contributed by atoms with Gasteiger partial charge in [-0.25, -0.2) is 13.4 Å². The zero-order chi connectivity index (χ0) is 22.7. The van der Waals surface area contributed by atoms with Crippen LogP contribution in [0, 0.1) is 10.8 Å². The van der Waals surface area contributed by atoms with E-state index in [1.54, 1.807) is 6.07 Å². The summed E-state index contributed by atoms with van der Waals surface area (Å²) in [4.78, 5) is 17.5. The van der Waals surface area contributed by atoms with Crippen molar-refractivity contribution in [2.75, 3.05) is 26.7 Å². The average molecular weight is 458 g/mol. The molecule has 4 heterocycles. The first-order valence-electron chi connectivity index (χ1n) is 10.8. The quantitative estimate of drug-likeness (QED) is 0.747. The van der Waals surface area contributed by atoms with Gasteiger partial charge in [0.1, 0.15) is 4.90 Å². The number of carbonyl (C=O) groups excluding carboxylic acids is 1. The minimum absolute atomic E-state index is 0.122. The molecular formula is C22H27N5O4S. The Balaban J connectivity index is 1.47. The molecule has 1 saturated heterocycles. The van der Waals surface area contributed by atoms with Crippen LogP contribution in [-0.2, 0) is 14.8 Å². The van der Waals surface area contributed by atoms with Crippen molar-refractivity contribution in [1.29, 1.82) is 0 Å². The molecule has 9 nitrogen and oxygen atoms in total. The van der Waals surface area contributed by atoms with E-state index in [9.17, 15) is 13.2 Å². The first-order chi connectivity index (χ1) is 15.2. The van der Waals surface area contributed by atoms with Crippen molar-refractivity contribution in [3.8, 4) is 5.88 Å². The van der Waals surface area contributed by atoms with E-state index >= 15 is 0 Å². The van der Waals surface area contributed by atoms with Gasteiger partial charge >= 0.3 is 0 Å². The molecule has 5 rings (SSSR count). The fourth-order valence-corrected chi connectivity index (χ4v) is 6.90. The molecule has 32 heavy (non-hydrogen) atoms. The van der Waals surface area contributed by atoms with Crippen molar-refractivity contribution in [3.05, 3.63) is 41.0 Å². The first kappa shape index (κ1) is 21.3. The van der Waals surface area contributed by atoms with Crippen LogP contribution in [0.4, 0.5) is 0 Å². The van der Waals surface area contributed by atoms with Crippen molar-refractivity contribution in [1.82, 2.24) is 14.6 Å². The third-order valence-corrected chi connectivity index (χ3v) is 8.90. The van der Waals surface area contributed by atoms with Crippen LogP contribution in [0.2, 0.25) is 0 Å². The standard InChI is InChI=1S/C22H27N5O4S/c1-21(2)10-16-19(17(28)11-21)22(15-13-24-26-20(15)25-16)6-8-27(9-7-22)32(29,30)14-4-5-18(31-3)23-12-14/h4-5,12,25H,6-11,13H2,1-3H3. The number of azo groups is 1. The molecule has 3 aliphatic heterocycles. The molecule has 10 heteroatoms. The number of methoxy groups -OCH3 is 1. The molecule has 170 valence electrons. The molecule has 1 aromatic rings. The number of aromatic nitrogens is 1. The van der Waals surface area contributed by atoms with Crippen molar-refractivity contribution in [3.63, 3.8) is 0 Å². The molecular weight excluding hydrogens is 430 g/mol. The summed E-state index contributed by atoms with van der Waals surface area (Å²) in [5, 5.41) is 11.9.